The zero-order valence-corrected chi connectivity index (χ0v) is 14.2. The fourth-order valence-corrected chi connectivity index (χ4v) is 2.84. The third-order valence-corrected chi connectivity index (χ3v) is 4.55. The van der Waals surface area contributed by atoms with Crippen molar-refractivity contribution in [1.29, 1.82) is 0 Å². The van der Waals surface area contributed by atoms with E-state index in [4.69, 9.17) is 9.15 Å². The Labute approximate surface area is 145 Å². The van der Waals surface area contributed by atoms with Crippen LogP contribution in [-0.4, -0.2) is 25.6 Å². The summed E-state index contributed by atoms with van der Waals surface area (Å²) in [7, 11) is -3.39. The number of carbonyl (C=O) groups excluding carboxylic acids is 1. The fourth-order valence-electron chi connectivity index (χ4n) is 2.18. The molecule has 2 aromatic carbocycles. The molecule has 3 aromatic rings. The van der Waals surface area contributed by atoms with Gasteiger partial charge in [0.2, 0.25) is 5.89 Å². The van der Waals surface area contributed by atoms with Crippen LogP contribution in [0.4, 0.5) is 0 Å². The van der Waals surface area contributed by atoms with Crippen molar-refractivity contribution in [2.24, 2.45) is 0 Å². The summed E-state index contributed by atoms with van der Waals surface area (Å²) < 4.78 is 33.8. The molecular formula is C18H15NO5S. The quantitative estimate of drug-likeness (QED) is 0.652. The Morgan fingerprint density at radius 2 is 1.88 bits per heavy atom. The monoisotopic (exact) mass is 357 g/mol. The summed E-state index contributed by atoms with van der Waals surface area (Å²) in [6, 6.07) is 15.1. The first kappa shape index (κ1) is 16.9. The number of sulfone groups is 1. The number of nitrogens with zero attached hydrogens (tertiary/aromatic N) is 1. The summed E-state index contributed by atoms with van der Waals surface area (Å²) in [6.07, 6.45) is 2.64. The van der Waals surface area contributed by atoms with E-state index >= 15 is 0 Å². The number of benzene rings is 2. The number of esters is 1. The third-order valence-electron chi connectivity index (χ3n) is 3.44. The topological polar surface area (TPSA) is 86.5 Å². The first-order valence-corrected chi connectivity index (χ1v) is 9.30. The van der Waals surface area contributed by atoms with Crippen molar-refractivity contribution in [3.8, 4) is 11.3 Å². The van der Waals surface area contributed by atoms with Gasteiger partial charge in [-0.25, -0.2) is 18.2 Å². The molecule has 0 aliphatic carbocycles. The average molecular weight is 357 g/mol. The van der Waals surface area contributed by atoms with Gasteiger partial charge in [0.1, 0.15) is 0 Å². The summed E-state index contributed by atoms with van der Waals surface area (Å²) in [6.45, 7) is -0.144. The maximum atomic E-state index is 12.1. The largest absolute Gasteiger partial charge is 0.452 e. The van der Waals surface area contributed by atoms with Crippen LogP contribution in [0.25, 0.3) is 11.3 Å². The minimum Gasteiger partial charge on any atom is -0.452 e. The van der Waals surface area contributed by atoms with Gasteiger partial charge in [-0.1, -0.05) is 36.4 Å². The van der Waals surface area contributed by atoms with E-state index in [1.807, 2.05) is 30.3 Å². The van der Waals surface area contributed by atoms with Crippen LogP contribution in [0.15, 0.2) is 70.1 Å². The third kappa shape index (κ3) is 4.13. The summed E-state index contributed by atoms with van der Waals surface area (Å²) in [5, 5.41) is 0. The number of ether oxygens (including phenoxy) is 1. The summed E-state index contributed by atoms with van der Waals surface area (Å²) in [5.41, 5.74) is 1.02. The summed E-state index contributed by atoms with van der Waals surface area (Å²) >= 11 is 0. The maximum Gasteiger partial charge on any atom is 0.338 e. The van der Waals surface area contributed by atoms with Crippen LogP contribution in [-0.2, 0) is 21.2 Å². The van der Waals surface area contributed by atoms with Gasteiger partial charge < -0.3 is 9.15 Å². The molecule has 128 valence electrons. The van der Waals surface area contributed by atoms with E-state index in [9.17, 15) is 13.2 Å². The van der Waals surface area contributed by atoms with Gasteiger partial charge in [0.05, 0.1) is 16.7 Å². The normalized spacial score (nSPS) is 11.2. The van der Waals surface area contributed by atoms with E-state index in [1.165, 1.54) is 24.3 Å². The number of oxazole rings is 1. The lowest BCUT2D eigenvalue weighted by molar-refractivity contribution is 0.0438. The second-order valence-corrected chi connectivity index (χ2v) is 7.38. The highest BCUT2D eigenvalue weighted by Crippen LogP contribution is 2.20. The molecule has 0 saturated heterocycles. The molecule has 1 heterocycles. The summed E-state index contributed by atoms with van der Waals surface area (Å²) in [5.74, 6) is 0.183. The number of hydrogen-bond acceptors (Lipinski definition) is 6. The van der Waals surface area contributed by atoms with Crippen LogP contribution in [0.3, 0.4) is 0 Å². The molecular weight excluding hydrogens is 342 g/mol. The molecule has 0 spiro atoms. The Bertz CT molecular complexity index is 993. The second-order valence-electron chi connectivity index (χ2n) is 5.36. The standard InChI is InChI=1S/C18H15NO5S/c1-25(21,22)15-9-5-8-14(10-15)18(20)23-12-17-19-11-16(24-17)13-6-3-2-4-7-13/h2-11H,12H2,1H3. The molecule has 0 bridgehead atoms. The van der Waals surface area contributed by atoms with Crippen LogP contribution in [0.5, 0.6) is 0 Å². The maximum absolute atomic E-state index is 12.1. The smallest absolute Gasteiger partial charge is 0.338 e. The van der Waals surface area contributed by atoms with Crippen molar-refractivity contribution in [2.75, 3.05) is 6.26 Å². The molecule has 3 rings (SSSR count). The molecule has 0 saturated carbocycles. The molecule has 1 aromatic heterocycles. The molecule has 6 nitrogen and oxygen atoms in total. The van der Waals surface area contributed by atoms with E-state index in [0.29, 0.717) is 5.76 Å². The van der Waals surface area contributed by atoms with Crippen molar-refractivity contribution in [3.63, 3.8) is 0 Å². The Hall–Kier alpha value is -2.93. The molecule has 0 aliphatic rings. The fraction of sp³-hybridized carbons (Fsp3) is 0.111. The minimum atomic E-state index is -3.39. The van der Waals surface area contributed by atoms with Crippen LogP contribution in [0.2, 0.25) is 0 Å². The van der Waals surface area contributed by atoms with Crippen LogP contribution in [0.1, 0.15) is 16.2 Å². The van der Waals surface area contributed by atoms with E-state index < -0.39 is 15.8 Å². The van der Waals surface area contributed by atoms with Gasteiger partial charge in [0, 0.05) is 11.8 Å². The van der Waals surface area contributed by atoms with Crippen molar-refractivity contribution in [3.05, 3.63) is 72.2 Å². The van der Waals surface area contributed by atoms with Gasteiger partial charge in [-0.05, 0) is 18.2 Å². The lowest BCUT2D eigenvalue weighted by Crippen LogP contribution is -2.07. The van der Waals surface area contributed by atoms with Crippen LogP contribution >= 0.6 is 0 Å². The Kier molecular flexibility index (Phi) is 4.67. The molecule has 0 fully saturated rings. The van der Waals surface area contributed by atoms with Crippen LogP contribution < -0.4 is 0 Å². The zero-order chi connectivity index (χ0) is 17.9. The minimum absolute atomic E-state index is 0.0597. The first-order chi connectivity index (χ1) is 11.9. The predicted octanol–water partition coefficient (Wildman–Crippen LogP) is 3.10. The van der Waals surface area contributed by atoms with Gasteiger partial charge in [-0.15, -0.1) is 0 Å². The van der Waals surface area contributed by atoms with Gasteiger partial charge in [-0.2, -0.15) is 0 Å². The Balaban J connectivity index is 1.68. The van der Waals surface area contributed by atoms with Gasteiger partial charge in [-0.3, -0.25) is 0 Å². The molecule has 0 unspecified atom stereocenters. The number of carbonyl (C=O) groups is 1. The Morgan fingerprint density at radius 1 is 1.12 bits per heavy atom. The molecule has 0 aliphatic heterocycles. The van der Waals surface area contributed by atoms with Gasteiger partial charge >= 0.3 is 5.97 Å². The van der Waals surface area contributed by atoms with Gasteiger partial charge in [0.15, 0.2) is 22.2 Å². The van der Waals surface area contributed by atoms with Crippen molar-refractivity contribution < 1.29 is 22.4 Å². The van der Waals surface area contributed by atoms with Gasteiger partial charge in [0.25, 0.3) is 0 Å². The highest BCUT2D eigenvalue weighted by molar-refractivity contribution is 7.90. The first-order valence-electron chi connectivity index (χ1n) is 7.41. The molecule has 0 amide bonds. The van der Waals surface area contributed by atoms with Crippen molar-refractivity contribution >= 4 is 15.8 Å². The number of rotatable bonds is 5. The Morgan fingerprint density at radius 3 is 2.60 bits per heavy atom. The predicted molar refractivity (Wildman–Crippen MR) is 90.6 cm³/mol. The molecule has 0 N–H and O–H groups in total. The lowest BCUT2D eigenvalue weighted by Gasteiger charge is -2.04. The number of hydrogen-bond donors (Lipinski definition) is 0. The van der Waals surface area contributed by atoms with E-state index in [0.717, 1.165) is 11.8 Å². The molecule has 25 heavy (non-hydrogen) atoms. The van der Waals surface area contributed by atoms with Crippen molar-refractivity contribution in [1.82, 2.24) is 4.98 Å². The lowest BCUT2D eigenvalue weighted by atomic mass is 10.2. The van der Waals surface area contributed by atoms with Crippen molar-refractivity contribution in [2.45, 2.75) is 11.5 Å². The summed E-state index contributed by atoms with van der Waals surface area (Å²) in [4.78, 5) is 16.2. The number of aromatic nitrogens is 1. The molecule has 7 heteroatoms. The zero-order valence-electron chi connectivity index (χ0n) is 13.4. The van der Waals surface area contributed by atoms with E-state index in [-0.39, 0.29) is 23.0 Å². The molecule has 0 radical (unpaired) electrons. The van der Waals surface area contributed by atoms with E-state index in [1.54, 1.807) is 6.20 Å². The second kappa shape index (κ2) is 6.90. The van der Waals surface area contributed by atoms with Crippen LogP contribution in [0, 0.1) is 0 Å². The molecule has 0 atom stereocenters. The average Bonchev–Trinajstić information content (AvgIpc) is 3.09. The highest BCUT2D eigenvalue weighted by Gasteiger charge is 2.14. The highest BCUT2D eigenvalue weighted by atomic mass is 32.2. The van der Waals surface area contributed by atoms with E-state index in [2.05, 4.69) is 4.98 Å². The SMILES string of the molecule is CS(=O)(=O)c1cccc(C(=O)OCc2ncc(-c3ccccc3)o2)c1.